The van der Waals surface area contributed by atoms with Crippen molar-refractivity contribution >= 4 is 6.08 Å². The Hall–Kier alpha value is -2.04. The van der Waals surface area contributed by atoms with Gasteiger partial charge in [0.1, 0.15) is 0 Å². The molecule has 4 heteroatoms. The third-order valence-electron chi connectivity index (χ3n) is 4.35. The third-order valence-corrected chi connectivity index (χ3v) is 4.35. The van der Waals surface area contributed by atoms with Crippen LogP contribution in [0.2, 0.25) is 0 Å². The zero-order valence-electron chi connectivity index (χ0n) is 14.2. The van der Waals surface area contributed by atoms with Crippen molar-refractivity contribution in [2.45, 2.75) is 25.5 Å². The van der Waals surface area contributed by atoms with Gasteiger partial charge in [-0.3, -0.25) is 4.90 Å². The smallest absolute Gasteiger partial charge is 0.159 e. The summed E-state index contributed by atoms with van der Waals surface area (Å²) in [7, 11) is 0. The van der Waals surface area contributed by atoms with Crippen LogP contribution in [0.25, 0.3) is 6.08 Å². The average molecular weight is 343 g/mol. The van der Waals surface area contributed by atoms with Crippen LogP contribution in [0.15, 0.2) is 54.6 Å². The van der Waals surface area contributed by atoms with Crippen molar-refractivity contribution in [2.75, 3.05) is 19.7 Å². The van der Waals surface area contributed by atoms with Gasteiger partial charge in [0.25, 0.3) is 0 Å². The summed E-state index contributed by atoms with van der Waals surface area (Å²) >= 11 is 0. The van der Waals surface area contributed by atoms with E-state index < -0.39 is 11.6 Å². The Kier molecular flexibility index (Phi) is 6.31. The minimum atomic E-state index is -0.807. The zero-order valence-corrected chi connectivity index (χ0v) is 14.2. The summed E-state index contributed by atoms with van der Waals surface area (Å²) < 4.78 is 32.3. The maximum absolute atomic E-state index is 13.5. The maximum atomic E-state index is 13.5. The number of rotatable bonds is 7. The molecule has 0 N–H and O–H groups in total. The highest BCUT2D eigenvalue weighted by Crippen LogP contribution is 2.16. The van der Waals surface area contributed by atoms with Crippen molar-refractivity contribution in [3.63, 3.8) is 0 Å². The van der Waals surface area contributed by atoms with Gasteiger partial charge in [-0.2, -0.15) is 0 Å². The molecule has 2 aromatic rings. The molecule has 0 aromatic heterocycles. The first-order chi connectivity index (χ1) is 12.2. The molecule has 0 bridgehead atoms. The molecule has 1 saturated heterocycles. The van der Waals surface area contributed by atoms with Gasteiger partial charge in [0.15, 0.2) is 11.6 Å². The van der Waals surface area contributed by atoms with Crippen LogP contribution in [-0.2, 0) is 11.3 Å². The van der Waals surface area contributed by atoms with E-state index in [9.17, 15) is 8.78 Å². The molecular formula is C21H23F2NO. The van der Waals surface area contributed by atoms with E-state index in [1.54, 1.807) is 6.07 Å². The monoisotopic (exact) mass is 343 g/mol. The lowest BCUT2D eigenvalue weighted by molar-refractivity contribution is 0.0746. The van der Waals surface area contributed by atoms with Gasteiger partial charge in [-0.1, -0.05) is 48.6 Å². The normalized spacial score (nSPS) is 17.6. The van der Waals surface area contributed by atoms with E-state index in [4.69, 9.17) is 4.74 Å². The lowest BCUT2D eigenvalue weighted by atomic mass is 10.1. The summed E-state index contributed by atoms with van der Waals surface area (Å²) in [5.74, 6) is -1.60. The molecule has 1 unspecified atom stereocenters. The van der Waals surface area contributed by atoms with E-state index in [1.165, 1.54) is 12.1 Å². The lowest BCUT2D eigenvalue weighted by Gasteiger charge is -2.24. The van der Waals surface area contributed by atoms with Crippen LogP contribution in [0.5, 0.6) is 0 Å². The van der Waals surface area contributed by atoms with Gasteiger partial charge in [0, 0.05) is 26.2 Å². The number of halogens is 2. The van der Waals surface area contributed by atoms with Gasteiger partial charge < -0.3 is 4.74 Å². The first-order valence-corrected chi connectivity index (χ1v) is 8.70. The fourth-order valence-corrected chi connectivity index (χ4v) is 3.08. The molecule has 1 heterocycles. The molecule has 1 aliphatic rings. The molecule has 1 aliphatic heterocycles. The van der Waals surface area contributed by atoms with Gasteiger partial charge in [-0.15, -0.1) is 0 Å². The van der Waals surface area contributed by atoms with E-state index in [0.717, 1.165) is 43.7 Å². The number of benzene rings is 2. The average Bonchev–Trinajstić information content (AvgIpc) is 3.12. The fourth-order valence-electron chi connectivity index (χ4n) is 3.08. The van der Waals surface area contributed by atoms with Gasteiger partial charge in [0.05, 0.1) is 6.10 Å². The molecule has 0 radical (unpaired) electrons. The quantitative estimate of drug-likeness (QED) is 0.725. The number of ether oxygens (including phenoxy) is 1. The van der Waals surface area contributed by atoms with Gasteiger partial charge in [-0.05, 0) is 36.1 Å². The summed E-state index contributed by atoms with van der Waals surface area (Å²) in [5.41, 5.74) is 1.91. The Morgan fingerprint density at radius 1 is 1.08 bits per heavy atom. The van der Waals surface area contributed by atoms with E-state index in [1.807, 2.05) is 18.2 Å². The predicted octanol–water partition coefficient (Wildman–Crippen LogP) is 4.66. The largest absolute Gasteiger partial charge is 0.377 e. The molecule has 0 spiro atoms. The van der Waals surface area contributed by atoms with Gasteiger partial charge >= 0.3 is 0 Å². The van der Waals surface area contributed by atoms with Crippen molar-refractivity contribution in [3.8, 4) is 0 Å². The van der Waals surface area contributed by atoms with Crippen LogP contribution in [0.4, 0.5) is 8.78 Å². The Morgan fingerprint density at radius 2 is 1.92 bits per heavy atom. The summed E-state index contributed by atoms with van der Waals surface area (Å²) in [6.45, 7) is 2.89. The van der Waals surface area contributed by atoms with Crippen molar-refractivity contribution in [2.24, 2.45) is 0 Å². The van der Waals surface area contributed by atoms with Gasteiger partial charge in [0.2, 0.25) is 0 Å². The van der Waals surface area contributed by atoms with Crippen molar-refractivity contribution in [1.29, 1.82) is 0 Å². The molecule has 3 rings (SSSR count). The topological polar surface area (TPSA) is 12.5 Å². The Bertz CT molecular complexity index is 696. The first-order valence-electron chi connectivity index (χ1n) is 8.70. The Morgan fingerprint density at radius 3 is 2.64 bits per heavy atom. The van der Waals surface area contributed by atoms with Crippen LogP contribution in [0.3, 0.4) is 0 Å². The van der Waals surface area contributed by atoms with E-state index >= 15 is 0 Å². The zero-order chi connectivity index (χ0) is 17.5. The van der Waals surface area contributed by atoms with Crippen LogP contribution < -0.4 is 0 Å². The summed E-state index contributed by atoms with van der Waals surface area (Å²) in [6.07, 6.45) is 6.54. The number of hydrogen-bond donors (Lipinski definition) is 0. The van der Waals surface area contributed by atoms with Crippen LogP contribution >= 0.6 is 0 Å². The predicted molar refractivity (Wildman–Crippen MR) is 96.1 cm³/mol. The van der Waals surface area contributed by atoms with Crippen LogP contribution in [0.1, 0.15) is 24.0 Å². The molecule has 0 amide bonds. The lowest BCUT2D eigenvalue weighted by Crippen LogP contribution is -2.32. The van der Waals surface area contributed by atoms with Crippen LogP contribution in [0, 0.1) is 11.6 Å². The van der Waals surface area contributed by atoms with Crippen LogP contribution in [-0.4, -0.2) is 30.7 Å². The highest BCUT2D eigenvalue weighted by molar-refractivity contribution is 5.48. The Labute approximate surface area is 147 Å². The van der Waals surface area contributed by atoms with E-state index in [0.29, 0.717) is 6.54 Å². The third kappa shape index (κ3) is 5.48. The van der Waals surface area contributed by atoms with Gasteiger partial charge in [-0.25, -0.2) is 8.78 Å². The highest BCUT2D eigenvalue weighted by atomic mass is 19.2. The fraction of sp³-hybridized carbons (Fsp3) is 0.333. The number of hydrogen-bond acceptors (Lipinski definition) is 2. The Balaban J connectivity index is 1.65. The molecule has 132 valence electrons. The minimum Gasteiger partial charge on any atom is -0.377 e. The van der Waals surface area contributed by atoms with Crippen molar-refractivity contribution in [3.05, 3.63) is 77.4 Å². The minimum absolute atomic E-state index is 0.218. The first kappa shape index (κ1) is 17.8. The summed E-state index contributed by atoms with van der Waals surface area (Å²) in [4.78, 5) is 2.21. The molecule has 1 fully saturated rings. The molecule has 2 aromatic carbocycles. The second-order valence-electron chi connectivity index (χ2n) is 6.39. The highest BCUT2D eigenvalue weighted by Gasteiger charge is 2.19. The molecule has 2 nitrogen and oxygen atoms in total. The SMILES string of the molecule is Fc1ccc(CN(CC=Cc2ccccc2)CC2CCCO2)cc1F. The molecule has 25 heavy (non-hydrogen) atoms. The number of nitrogens with zero attached hydrogens (tertiary/aromatic N) is 1. The van der Waals surface area contributed by atoms with E-state index in [-0.39, 0.29) is 6.10 Å². The molecule has 0 saturated carbocycles. The maximum Gasteiger partial charge on any atom is 0.159 e. The second-order valence-corrected chi connectivity index (χ2v) is 6.39. The van der Waals surface area contributed by atoms with Crippen molar-refractivity contribution < 1.29 is 13.5 Å². The molecular weight excluding hydrogens is 320 g/mol. The molecule has 1 atom stereocenters. The van der Waals surface area contributed by atoms with Crippen molar-refractivity contribution in [1.82, 2.24) is 4.90 Å². The molecule has 0 aliphatic carbocycles. The van der Waals surface area contributed by atoms with E-state index in [2.05, 4.69) is 29.2 Å². The summed E-state index contributed by atoms with van der Waals surface area (Å²) in [6, 6.07) is 14.2. The summed E-state index contributed by atoms with van der Waals surface area (Å²) in [5, 5.41) is 0. The second kappa shape index (κ2) is 8.88. The standard InChI is InChI=1S/C21H23F2NO/c22-20-11-10-18(14-21(20)23)15-24(16-19-9-5-13-25-19)12-4-8-17-6-2-1-3-7-17/h1-4,6-8,10-11,14,19H,5,9,12-13,15-16H2.